The van der Waals surface area contributed by atoms with Gasteiger partial charge in [0.1, 0.15) is 5.75 Å². The first-order valence-corrected chi connectivity index (χ1v) is 7.52. The van der Waals surface area contributed by atoms with Gasteiger partial charge in [-0.05, 0) is 37.3 Å². The van der Waals surface area contributed by atoms with Crippen LogP contribution in [0.5, 0.6) is 5.75 Å². The van der Waals surface area contributed by atoms with Crippen LogP contribution in [0.1, 0.15) is 39.3 Å². The Morgan fingerprint density at radius 2 is 2.35 bits per heavy atom. The SMILES string of the molecule is C=CCc1cccc(C=NNC(=O)c2n[nH]c3c2CCC3)c1O. The summed E-state index contributed by atoms with van der Waals surface area (Å²) in [6, 6.07) is 5.37. The number of phenolic OH excluding ortho intramolecular Hbond substituents is 1. The molecule has 0 fully saturated rings. The van der Waals surface area contributed by atoms with Crippen molar-refractivity contribution >= 4 is 12.1 Å². The van der Waals surface area contributed by atoms with Crippen molar-refractivity contribution in [2.45, 2.75) is 25.7 Å². The number of rotatable bonds is 5. The molecule has 0 saturated heterocycles. The smallest absolute Gasteiger partial charge is 0.292 e. The van der Waals surface area contributed by atoms with Crippen molar-refractivity contribution in [1.82, 2.24) is 15.6 Å². The summed E-state index contributed by atoms with van der Waals surface area (Å²) in [7, 11) is 0. The number of carbonyl (C=O) groups excluding carboxylic acids is 1. The zero-order valence-corrected chi connectivity index (χ0v) is 12.7. The summed E-state index contributed by atoms with van der Waals surface area (Å²) in [5.41, 5.74) is 6.18. The quantitative estimate of drug-likeness (QED) is 0.449. The molecular weight excluding hydrogens is 292 g/mol. The molecule has 0 atom stereocenters. The lowest BCUT2D eigenvalue weighted by Gasteiger charge is -2.04. The number of benzene rings is 1. The van der Waals surface area contributed by atoms with E-state index in [0.29, 0.717) is 17.7 Å². The molecule has 6 heteroatoms. The molecule has 1 aromatic heterocycles. The number of carbonyl (C=O) groups is 1. The Morgan fingerprint density at radius 3 is 3.17 bits per heavy atom. The number of fused-ring (bicyclic) bond motifs is 1. The third-order valence-electron chi connectivity index (χ3n) is 3.91. The first-order valence-electron chi connectivity index (χ1n) is 7.52. The highest BCUT2D eigenvalue weighted by atomic mass is 16.3. The highest BCUT2D eigenvalue weighted by Crippen LogP contribution is 2.23. The van der Waals surface area contributed by atoms with E-state index in [1.165, 1.54) is 6.21 Å². The normalized spacial score (nSPS) is 13.2. The van der Waals surface area contributed by atoms with Crippen LogP contribution < -0.4 is 5.43 Å². The maximum absolute atomic E-state index is 12.1. The third-order valence-corrected chi connectivity index (χ3v) is 3.91. The van der Waals surface area contributed by atoms with E-state index in [0.717, 1.165) is 36.1 Å². The Kier molecular flexibility index (Phi) is 4.23. The molecule has 0 unspecified atom stereocenters. The average Bonchev–Trinajstić information content (AvgIpc) is 3.14. The summed E-state index contributed by atoms with van der Waals surface area (Å²) in [4.78, 5) is 12.1. The summed E-state index contributed by atoms with van der Waals surface area (Å²) >= 11 is 0. The van der Waals surface area contributed by atoms with Crippen LogP contribution in [0.4, 0.5) is 0 Å². The fourth-order valence-electron chi connectivity index (χ4n) is 2.76. The molecule has 2 aromatic rings. The van der Waals surface area contributed by atoms with Crippen LogP contribution in [0.2, 0.25) is 0 Å². The first-order chi connectivity index (χ1) is 11.2. The molecule has 0 bridgehead atoms. The Bertz CT molecular complexity index is 777. The monoisotopic (exact) mass is 310 g/mol. The number of para-hydroxylation sites is 1. The zero-order valence-electron chi connectivity index (χ0n) is 12.7. The summed E-state index contributed by atoms with van der Waals surface area (Å²) in [6.45, 7) is 3.66. The number of aryl methyl sites for hydroxylation is 1. The van der Waals surface area contributed by atoms with Crippen molar-refractivity contribution in [3.63, 3.8) is 0 Å². The molecule has 0 saturated carbocycles. The average molecular weight is 310 g/mol. The molecule has 3 N–H and O–H groups in total. The van der Waals surface area contributed by atoms with Crippen LogP contribution in [0.15, 0.2) is 36.0 Å². The summed E-state index contributed by atoms with van der Waals surface area (Å²) in [5.74, 6) is -0.201. The van der Waals surface area contributed by atoms with Crippen LogP contribution in [-0.4, -0.2) is 27.4 Å². The van der Waals surface area contributed by atoms with Gasteiger partial charge in [0.15, 0.2) is 5.69 Å². The van der Waals surface area contributed by atoms with Crippen molar-refractivity contribution in [1.29, 1.82) is 0 Å². The van der Waals surface area contributed by atoms with Crippen LogP contribution in [-0.2, 0) is 19.3 Å². The maximum atomic E-state index is 12.1. The standard InChI is InChI=1S/C17H18N4O2/c1-2-5-11-6-3-7-12(16(11)22)10-18-21-17(23)15-13-8-4-9-14(13)19-20-15/h2-3,6-7,10,22H,1,4-5,8-9H2,(H,19,20)(H,21,23). The number of hydrogen-bond acceptors (Lipinski definition) is 4. The summed E-state index contributed by atoms with van der Waals surface area (Å²) < 4.78 is 0. The van der Waals surface area contributed by atoms with Crippen molar-refractivity contribution in [3.05, 3.63) is 58.9 Å². The lowest BCUT2D eigenvalue weighted by Crippen LogP contribution is -2.19. The van der Waals surface area contributed by atoms with Crippen LogP contribution in [0.3, 0.4) is 0 Å². The molecule has 1 aromatic carbocycles. The van der Waals surface area contributed by atoms with Crippen LogP contribution >= 0.6 is 0 Å². The maximum Gasteiger partial charge on any atom is 0.292 e. The number of aromatic hydroxyl groups is 1. The second kappa shape index (κ2) is 6.48. The predicted octanol–water partition coefficient (Wildman–Crippen LogP) is 2.10. The van der Waals surface area contributed by atoms with E-state index in [-0.39, 0.29) is 11.7 Å². The van der Waals surface area contributed by atoms with Gasteiger partial charge >= 0.3 is 0 Å². The summed E-state index contributed by atoms with van der Waals surface area (Å²) in [6.07, 6.45) is 6.55. The number of amides is 1. The minimum Gasteiger partial charge on any atom is -0.507 e. The van der Waals surface area contributed by atoms with Gasteiger partial charge in [0.05, 0.1) is 6.21 Å². The minimum atomic E-state index is -0.345. The topological polar surface area (TPSA) is 90.4 Å². The van der Waals surface area contributed by atoms with E-state index in [1.54, 1.807) is 12.1 Å². The number of nitrogens with one attached hydrogen (secondary N) is 2. The lowest BCUT2D eigenvalue weighted by molar-refractivity contribution is 0.0949. The van der Waals surface area contributed by atoms with Gasteiger partial charge in [-0.15, -0.1) is 6.58 Å². The third kappa shape index (κ3) is 3.01. The molecule has 1 aliphatic rings. The van der Waals surface area contributed by atoms with Crippen LogP contribution in [0.25, 0.3) is 0 Å². The fraction of sp³-hybridized carbons (Fsp3) is 0.235. The predicted molar refractivity (Wildman–Crippen MR) is 87.7 cm³/mol. The molecule has 0 aliphatic heterocycles. The van der Waals surface area contributed by atoms with Gasteiger partial charge in [0.2, 0.25) is 0 Å². The number of phenols is 1. The number of hydrogen-bond donors (Lipinski definition) is 3. The molecule has 6 nitrogen and oxygen atoms in total. The van der Waals surface area contributed by atoms with Gasteiger partial charge < -0.3 is 5.11 Å². The van der Waals surface area contributed by atoms with E-state index in [1.807, 2.05) is 12.1 Å². The number of aromatic amines is 1. The van der Waals surface area contributed by atoms with E-state index >= 15 is 0 Å². The molecule has 3 rings (SSSR count). The highest BCUT2D eigenvalue weighted by molar-refractivity contribution is 5.95. The number of H-pyrrole nitrogens is 1. The second-order valence-electron chi connectivity index (χ2n) is 5.43. The lowest BCUT2D eigenvalue weighted by atomic mass is 10.1. The van der Waals surface area contributed by atoms with E-state index in [9.17, 15) is 9.90 Å². The van der Waals surface area contributed by atoms with Gasteiger partial charge in [-0.1, -0.05) is 18.2 Å². The number of hydrazone groups is 1. The van der Waals surface area contributed by atoms with E-state index < -0.39 is 0 Å². The Morgan fingerprint density at radius 1 is 1.48 bits per heavy atom. The molecule has 0 radical (unpaired) electrons. The van der Waals surface area contributed by atoms with Gasteiger partial charge in [-0.25, -0.2) is 5.43 Å². The number of nitrogens with zero attached hydrogens (tertiary/aromatic N) is 2. The second-order valence-corrected chi connectivity index (χ2v) is 5.43. The molecule has 1 aliphatic carbocycles. The molecular formula is C17H18N4O2. The molecule has 1 heterocycles. The molecule has 1 amide bonds. The molecule has 0 spiro atoms. The van der Waals surface area contributed by atoms with E-state index in [2.05, 4.69) is 27.3 Å². The summed E-state index contributed by atoms with van der Waals surface area (Å²) in [5, 5.41) is 21.0. The first kappa shape index (κ1) is 15.0. The van der Waals surface area contributed by atoms with Gasteiger partial charge in [0, 0.05) is 16.8 Å². The largest absolute Gasteiger partial charge is 0.507 e. The van der Waals surface area contributed by atoms with Crippen molar-refractivity contribution in [2.24, 2.45) is 5.10 Å². The Balaban J connectivity index is 1.70. The fourth-order valence-corrected chi connectivity index (χ4v) is 2.76. The van der Waals surface area contributed by atoms with Gasteiger partial charge in [-0.3, -0.25) is 9.89 Å². The van der Waals surface area contributed by atoms with Gasteiger partial charge in [0.25, 0.3) is 5.91 Å². The zero-order chi connectivity index (χ0) is 16.2. The van der Waals surface area contributed by atoms with Crippen LogP contribution in [0, 0.1) is 0 Å². The van der Waals surface area contributed by atoms with Crippen molar-refractivity contribution in [3.8, 4) is 5.75 Å². The molecule has 23 heavy (non-hydrogen) atoms. The number of aromatic nitrogens is 2. The van der Waals surface area contributed by atoms with Crippen molar-refractivity contribution < 1.29 is 9.90 Å². The molecule has 118 valence electrons. The van der Waals surface area contributed by atoms with E-state index in [4.69, 9.17) is 0 Å². The highest BCUT2D eigenvalue weighted by Gasteiger charge is 2.22. The Hall–Kier alpha value is -2.89. The number of allylic oxidation sites excluding steroid dienone is 1. The minimum absolute atomic E-state index is 0.145. The van der Waals surface area contributed by atoms with Gasteiger partial charge in [-0.2, -0.15) is 10.2 Å². The van der Waals surface area contributed by atoms with Crippen molar-refractivity contribution in [2.75, 3.05) is 0 Å². The Labute approximate surface area is 133 Å².